The Balaban J connectivity index is 3.40. The summed E-state index contributed by atoms with van der Waals surface area (Å²) >= 11 is 5.76. The summed E-state index contributed by atoms with van der Waals surface area (Å²) in [4.78, 5) is 0. The van der Waals surface area contributed by atoms with Gasteiger partial charge in [-0.25, -0.2) is 0 Å². The summed E-state index contributed by atoms with van der Waals surface area (Å²) in [7, 11) is 3.82. The van der Waals surface area contributed by atoms with Gasteiger partial charge in [0.15, 0.2) is 0 Å². The van der Waals surface area contributed by atoms with Crippen molar-refractivity contribution >= 4 is 33.2 Å². The zero-order valence-corrected chi connectivity index (χ0v) is 9.15. The van der Waals surface area contributed by atoms with Gasteiger partial charge < -0.3 is 0 Å². The van der Waals surface area contributed by atoms with Gasteiger partial charge in [0.05, 0.1) is 0 Å². The van der Waals surface area contributed by atoms with Crippen LogP contribution in [0.3, 0.4) is 0 Å². The molecule has 62 valence electrons. The number of alkyl halides is 1. The molecule has 0 aliphatic rings. The van der Waals surface area contributed by atoms with Gasteiger partial charge in [0.1, 0.15) is 0 Å². The van der Waals surface area contributed by atoms with Crippen LogP contribution in [0.4, 0.5) is 0 Å². The van der Waals surface area contributed by atoms with E-state index in [1.54, 1.807) is 0 Å². The molecule has 3 heteroatoms. The van der Waals surface area contributed by atoms with Gasteiger partial charge in [-0.05, 0) is 5.92 Å². The first kappa shape index (κ1) is 11.0. The molecule has 0 saturated heterocycles. The fraction of sp³-hybridized carbons (Fsp3) is 1.00. The molecule has 0 spiro atoms. The molecule has 0 nitrogen and oxygen atoms in total. The van der Waals surface area contributed by atoms with Crippen LogP contribution in [0.25, 0.3) is 0 Å². The monoisotopic (exact) mass is 198 g/mol. The first-order chi connectivity index (χ1) is 4.72. The molecule has 0 unspecified atom stereocenters. The lowest BCUT2D eigenvalue weighted by Crippen LogP contribution is -2.11. The third kappa shape index (κ3) is 4.75. The molecule has 0 aromatic carbocycles. The van der Waals surface area contributed by atoms with Crippen LogP contribution >= 0.6 is 33.2 Å². The van der Waals surface area contributed by atoms with Crippen molar-refractivity contribution in [3.8, 4) is 0 Å². The Hall–Kier alpha value is 0.990. The van der Waals surface area contributed by atoms with Gasteiger partial charge >= 0.3 is 0 Å². The Labute approximate surface area is 76.9 Å². The number of hydrogen-bond donors (Lipinski definition) is 0. The van der Waals surface area contributed by atoms with Crippen molar-refractivity contribution in [1.29, 1.82) is 0 Å². The standard InChI is InChI=1S/C7H15ClS2/c1-4-9-10-7(5-8)6(2)3/h6-7H,4-5H2,1-3H3/t7-/m1/s1. The molecule has 0 amide bonds. The van der Waals surface area contributed by atoms with Crippen LogP contribution in [0.1, 0.15) is 20.8 Å². The van der Waals surface area contributed by atoms with E-state index >= 15 is 0 Å². The van der Waals surface area contributed by atoms with E-state index in [2.05, 4.69) is 20.8 Å². The molecule has 0 fully saturated rings. The van der Waals surface area contributed by atoms with Gasteiger partial charge in [-0.2, -0.15) is 0 Å². The third-order valence-electron chi connectivity index (χ3n) is 1.21. The second-order valence-corrected chi connectivity index (χ2v) is 5.64. The van der Waals surface area contributed by atoms with Crippen molar-refractivity contribution in [3.63, 3.8) is 0 Å². The summed E-state index contributed by atoms with van der Waals surface area (Å²) in [5.41, 5.74) is 0. The lowest BCUT2D eigenvalue weighted by atomic mass is 10.1. The highest BCUT2D eigenvalue weighted by Crippen LogP contribution is 2.31. The van der Waals surface area contributed by atoms with Crippen LogP contribution in [-0.4, -0.2) is 16.9 Å². The molecule has 0 N–H and O–H groups in total. The van der Waals surface area contributed by atoms with Crippen LogP contribution in [-0.2, 0) is 0 Å². The smallest absolute Gasteiger partial charge is 0.0353 e. The van der Waals surface area contributed by atoms with Gasteiger partial charge in [-0.3, -0.25) is 0 Å². The van der Waals surface area contributed by atoms with Crippen molar-refractivity contribution in [3.05, 3.63) is 0 Å². The van der Waals surface area contributed by atoms with E-state index in [1.165, 1.54) is 5.75 Å². The van der Waals surface area contributed by atoms with Crippen molar-refractivity contribution in [2.75, 3.05) is 11.6 Å². The fourth-order valence-electron chi connectivity index (χ4n) is 0.470. The summed E-state index contributed by atoms with van der Waals surface area (Å²) in [6.45, 7) is 6.61. The predicted octanol–water partition coefficient (Wildman–Crippen LogP) is 3.65. The molecule has 0 aromatic rings. The van der Waals surface area contributed by atoms with Crippen LogP contribution in [0.5, 0.6) is 0 Å². The largest absolute Gasteiger partial charge is 0.125 e. The fourth-order valence-corrected chi connectivity index (χ4v) is 3.63. The maximum Gasteiger partial charge on any atom is 0.0353 e. The SMILES string of the molecule is CCSS[C@H](CCl)C(C)C. The van der Waals surface area contributed by atoms with E-state index in [-0.39, 0.29) is 0 Å². The average Bonchev–Trinajstić information content (AvgIpc) is 1.89. The van der Waals surface area contributed by atoms with E-state index in [0.29, 0.717) is 11.2 Å². The van der Waals surface area contributed by atoms with Crippen molar-refractivity contribution < 1.29 is 0 Å². The van der Waals surface area contributed by atoms with E-state index in [4.69, 9.17) is 11.6 Å². The number of rotatable bonds is 5. The highest BCUT2D eigenvalue weighted by atomic mass is 35.5. The quantitative estimate of drug-likeness (QED) is 0.489. The Morgan fingerprint density at radius 2 is 2.00 bits per heavy atom. The first-order valence-electron chi connectivity index (χ1n) is 3.56. The molecule has 0 aromatic heterocycles. The molecule has 1 atom stereocenters. The summed E-state index contributed by atoms with van der Waals surface area (Å²) in [6.07, 6.45) is 0. The molecule has 0 heterocycles. The lowest BCUT2D eigenvalue weighted by Gasteiger charge is -2.15. The van der Waals surface area contributed by atoms with E-state index < -0.39 is 0 Å². The van der Waals surface area contributed by atoms with Crippen molar-refractivity contribution in [2.45, 2.75) is 26.0 Å². The molecule has 0 aliphatic heterocycles. The molecule has 0 bridgehead atoms. The van der Waals surface area contributed by atoms with E-state index in [1.807, 2.05) is 21.6 Å². The molecular formula is C7H15ClS2. The molecule has 10 heavy (non-hydrogen) atoms. The summed E-state index contributed by atoms with van der Waals surface area (Å²) in [5.74, 6) is 2.64. The summed E-state index contributed by atoms with van der Waals surface area (Å²) in [6, 6.07) is 0. The van der Waals surface area contributed by atoms with Gasteiger partial charge in [-0.1, -0.05) is 42.4 Å². The lowest BCUT2D eigenvalue weighted by molar-refractivity contribution is 0.649. The second-order valence-electron chi connectivity index (χ2n) is 2.44. The van der Waals surface area contributed by atoms with Crippen molar-refractivity contribution in [1.82, 2.24) is 0 Å². The van der Waals surface area contributed by atoms with Gasteiger partial charge in [0.2, 0.25) is 0 Å². The predicted molar refractivity (Wildman–Crippen MR) is 55.1 cm³/mol. The molecule has 0 saturated carbocycles. The maximum absolute atomic E-state index is 5.76. The number of halogens is 1. The topological polar surface area (TPSA) is 0 Å². The van der Waals surface area contributed by atoms with Crippen LogP contribution in [0.15, 0.2) is 0 Å². The van der Waals surface area contributed by atoms with E-state index in [0.717, 1.165) is 5.88 Å². The molecule has 0 rings (SSSR count). The Morgan fingerprint density at radius 3 is 2.30 bits per heavy atom. The zero-order valence-electron chi connectivity index (χ0n) is 6.76. The highest BCUT2D eigenvalue weighted by molar-refractivity contribution is 8.76. The molecular weight excluding hydrogens is 184 g/mol. The molecule has 0 radical (unpaired) electrons. The zero-order chi connectivity index (χ0) is 7.98. The van der Waals surface area contributed by atoms with Crippen LogP contribution in [0.2, 0.25) is 0 Å². The summed E-state index contributed by atoms with van der Waals surface area (Å²) < 4.78 is 0. The second kappa shape index (κ2) is 6.68. The Kier molecular flexibility index (Phi) is 7.35. The van der Waals surface area contributed by atoms with E-state index in [9.17, 15) is 0 Å². The first-order valence-corrected chi connectivity index (χ1v) is 6.48. The normalized spacial score (nSPS) is 14.1. The number of hydrogen-bond acceptors (Lipinski definition) is 2. The minimum absolute atomic E-state index is 0.617. The Bertz CT molecular complexity index is 76.0. The summed E-state index contributed by atoms with van der Waals surface area (Å²) in [5, 5.41) is 0.617. The highest BCUT2D eigenvalue weighted by Gasteiger charge is 2.11. The van der Waals surface area contributed by atoms with Gasteiger partial charge in [-0.15, -0.1) is 11.6 Å². The van der Waals surface area contributed by atoms with Crippen LogP contribution in [0, 0.1) is 5.92 Å². The average molecular weight is 199 g/mol. The van der Waals surface area contributed by atoms with Crippen LogP contribution < -0.4 is 0 Å². The Morgan fingerprint density at radius 1 is 1.40 bits per heavy atom. The third-order valence-corrected chi connectivity index (χ3v) is 4.91. The minimum atomic E-state index is 0.617. The minimum Gasteiger partial charge on any atom is -0.125 e. The molecule has 0 aliphatic carbocycles. The maximum atomic E-state index is 5.76. The van der Waals surface area contributed by atoms with Gasteiger partial charge in [0.25, 0.3) is 0 Å². The van der Waals surface area contributed by atoms with Crippen molar-refractivity contribution in [2.24, 2.45) is 5.92 Å². The van der Waals surface area contributed by atoms with Gasteiger partial charge in [0, 0.05) is 16.9 Å².